The first-order valence-electron chi connectivity index (χ1n) is 9.72. The Hall–Kier alpha value is -4.20. The molecule has 8 heteroatoms. The zero-order valence-corrected chi connectivity index (χ0v) is 18.1. The van der Waals surface area contributed by atoms with Crippen molar-refractivity contribution in [2.24, 2.45) is 14.1 Å². The molecule has 1 aromatic heterocycles. The molecule has 0 amide bonds. The molecule has 0 unspecified atom stereocenters. The number of nitrogens with zero attached hydrogens (tertiary/aromatic N) is 2. The first-order valence-corrected chi connectivity index (χ1v) is 9.72. The van der Waals surface area contributed by atoms with Gasteiger partial charge in [-0.05, 0) is 47.5 Å². The average Bonchev–Trinajstić information content (AvgIpc) is 2.74. The number of esters is 2. The van der Waals surface area contributed by atoms with Crippen molar-refractivity contribution in [1.29, 1.82) is 0 Å². The first-order chi connectivity index (χ1) is 15.2. The standard InChI is InChI=1S/C24H22N2O6/c1-15(27)31-19-9-5-17(6-10-19)13-21-23(29)26(4)22(24(30)25(21)3)14-18-7-11-20(12-8-18)32-16(2)28/h5-14H,1-4H3/b21-13-,22-14-. The van der Waals surface area contributed by atoms with Gasteiger partial charge in [-0.15, -0.1) is 0 Å². The van der Waals surface area contributed by atoms with Crippen molar-refractivity contribution in [3.8, 4) is 11.5 Å². The molecule has 8 nitrogen and oxygen atoms in total. The van der Waals surface area contributed by atoms with Gasteiger partial charge in [0.1, 0.15) is 22.2 Å². The molecule has 3 aromatic rings. The van der Waals surface area contributed by atoms with Crippen LogP contribution in [0.15, 0.2) is 58.1 Å². The van der Waals surface area contributed by atoms with Gasteiger partial charge in [-0.25, -0.2) is 0 Å². The number of aromatic nitrogens is 2. The van der Waals surface area contributed by atoms with Crippen molar-refractivity contribution in [2.45, 2.75) is 13.8 Å². The maximum Gasteiger partial charge on any atom is 0.308 e. The molecule has 0 bridgehead atoms. The second-order valence-electron chi connectivity index (χ2n) is 7.11. The Kier molecular flexibility index (Phi) is 6.53. The van der Waals surface area contributed by atoms with E-state index in [0.717, 1.165) is 0 Å². The van der Waals surface area contributed by atoms with Gasteiger partial charge in [0.25, 0.3) is 11.1 Å². The van der Waals surface area contributed by atoms with Crippen LogP contribution < -0.4 is 31.3 Å². The zero-order chi connectivity index (χ0) is 23.4. The van der Waals surface area contributed by atoms with Gasteiger partial charge in [-0.3, -0.25) is 19.2 Å². The molecule has 2 aromatic carbocycles. The lowest BCUT2D eigenvalue weighted by Crippen LogP contribution is -2.56. The van der Waals surface area contributed by atoms with Crippen LogP contribution in [0, 0.1) is 0 Å². The summed E-state index contributed by atoms with van der Waals surface area (Å²) >= 11 is 0. The number of carbonyl (C=O) groups is 2. The molecular weight excluding hydrogens is 412 g/mol. The highest BCUT2D eigenvalue weighted by molar-refractivity contribution is 5.70. The van der Waals surface area contributed by atoms with Gasteiger partial charge in [0.05, 0.1) is 0 Å². The minimum Gasteiger partial charge on any atom is -0.427 e. The van der Waals surface area contributed by atoms with Gasteiger partial charge in [-0.1, -0.05) is 24.3 Å². The number of hydrogen-bond acceptors (Lipinski definition) is 6. The van der Waals surface area contributed by atoms with Crippen molar-refractivity contribution in [3.05, 3.63) is 91.1 Å². The van der Waals surface area contributed by atoms with E-state index in [2.05, 4.69) is 0 Å². The van der Waals surface area contributed by atoms with E-state index < -0.39 is 11.9 Å². The fourth-order valence-corrected chi connectivity index (χ4v) is 3.08. The molecule has 0 atom stereocenters. The second-order valence-corrected chi connectivity index (χ2v) is 7.11. The summed E-state index contributed by atoms with van der Waals surface area (Å²) in [5, 5.41) is 0.417. The quantitative estimate of drug-likeness (QED) is 0.441. The number of ether oxygens (including phenoxy) is 2. The number of benzene rings is 2. The summed E-state index contributed by atoms with van der Waals surface area (Å²) in [4.78, 5) is 48.0. The van der Waals surface area contributed by atoms with Crippen molar-refractivity contribution < 1.29 is 19.1 Å². The summed E-state index contributed by atoms with van der Waals surface area (Å²) in [6.45, 7) is 2.62. The van der Waals surface area contributed by atoms with Gasteiger partial charge in [0, 0.05) is 27.9 Å². The maximum absolute atomic E-state index is 13.0. The summed E-state index contributed by atoms with van der Waals surface area (Å²) < 4.78 is 12.6. The highest BCUT2D eigenvalue weighted by Crippen LogP contribution is 2.13. The molecule has 0 aliphatic rings. The third-order valence-corrected chi connectivity index (χ3v) is 4.66. The third-order valence-electron chi connectivity index (χ3n) is 4.66. The van der Waals surface area contributed by atoms with Crippen molar-refractivity contribution >= 4 is 24.1 Å². The van der Waals surface area contributed by atoms with Crippen LogP contribution in [0.4, 0.5) is 0 Å². The highest BCUT2D eigenvalue weighted by Gasteiger charge is 2.06. The predicted octanol–water partition coefficient (Wildman–Crippen LogP) is 0.592. The Morgan fingerprint density at radius 2 is 0.969 bits per heavy atom. The van der Waals surface area contributed by atoms with E-state index in [9.17, 15) is 19.2 Å². The van der Waals surface area contributed by atoms with E-state index in [-0.39, 0.29) is 21.8 Å². The molecule has 3 rings (SSSR count). The van der Waals surface area contributed by atoms with E-state index in [0.29, 0.717) is 22.6 Å². The van der Waals surface area contributed by atoms with Crippen LogP contribution >= 0.6 is 0 Å². The minimum absolute atomic E-state index is 0.208. The van der Waals surface area contributed by atoms with E-state index >= 15 is 0 Å². The Bertz CT molecular complexity index is 1300. The summed E-state index contributed by atoms with van der Waals surface area (Å²) in [6.07, 6.45) is 3.19. The fraction of sp³-hybridized carbons (Fsp3) is 0.167. The summed E-state index contributed by atoms with van der Waals surface area (Å²) in [7, 11) is 3.06. The molecule has 0 saturated carbocycles. The fourth-order valence-electron chi connectivity index (χ4n) is 3.08. The Balaban J connectivity index is 2.06. The van der Waals surface area contributed by atoms with Crippen LogP contribution in [0.5, 0.6) is 11.5 Å². The molecule has 164 valence electrons. The Labute approximate surface area is 183 Å². The van der Waals surface area contributed by atoms with E-state index in [1.54, 1.807) is 60.7 Å². The van der Waals surface area contributed by atoms with Crippen LogP contribution in [-0.2, 0) is 23.7 Å². The molecule has 1 heterocycles. The maximum atomic E-state index is 13.0. The van der Waals surface area contributed by atoms with E-state index in [4.69, 9.17) is 9.47 Å². The molecule has 0 N–H and O–H groups in total. The molecule has 0 radical (unpaired) electrons. The lowest BCUT2D eigenvalue weighted by Gasteiger charge is -2.06. The number of rotatable bonds is 4. The summed E-state index contributed by atoms with van der Waals surface area (Å²) in [5.74, 6) is -0.0704. The molecule has 0 fully saturated rings. The topological polar surface area (TPSA) is 96.6 Å². The van der Waals surface area contributed by atoms with Crippen LogP contribution in [0.1, 0.15) is 25.0 Å². The normalized spacial score (nSPS) is 12.0. The van der Waals surface area contributed by atoms with Gasteiger partial charge < -0.3 is 18.6 Å². The molecule has 0 saturated heterocycles. The minimum atomic E-state index is -0.425. The summed E-state index contributed by atoms with van der Waals surface area (Å²) in [6, 6.07) is 13.2. The lowest BCUT2D eigenvalue weighted by atomic mass is 10.2. The van der Waals surface area contributed by atoms with E-state index in [1.165, 1.54) is 37.1 Å². The van der Waals surface area contributed by atoms with Crippen LogP contribution in [0.2, 0.25) is 0 Å². The molecule has 0 spiro atoms. The summed E-state index contributed by atoms with van der Waals surface area (Å²) in [5.41, 5.74) is 0.648. The molecule has 0 aliphatic heterocycles. The van der Waals surface area contributed by atoms with Crippen molar-refractivity contribution in [3.63, 3.8) is 0 Å². The average molecular weight is 434 g/mol. The van der Waals surface area contributed by atoms with Crippen molar-refractivity contribution in [1.82, 2.24) is 9.13 Å². The van der Waals surface area contributed by atoms with E-state index in [1.807, 2.05) is 0 Å². The van der Waals surface area contributed by atoms with Crippen LogP contribution in [0.25, 0.3) is 12.2 Å². The molecule has 32 heavy (non-hydrogen) atoms. The van der Waals surface area contributed by atoms with Crippen LogP contribution in [0.3, 0.4) is 0 Å². The first kappa shape index (κ1) is 22.5. The number of carbonyl (C=O) groups excluding carboxylic acids is 2. The van der Waals surface area contributed by atoms with Gasteiger partial charge in [0.15, 0.2) is 0 Å². The third kappa shape index (κ3) is 5.10. The SMILES string of the molecule is CC(=O)Oc1ccc(/C=c2/c(=O)n(C)/c(=C\c3ccc(OC(C)=O)cc3)c(=O)n2C)cc1. The monoisotopic (exact) mass is 434 g/mol. The van der Waals surface area contributed by atoms with Crippen LogP contribution in [-0.4, -0.2) is 21.1 Å². The predicted molar refractivity (Wildman–Crippen MR) is 119 cm³/mol. The molecule has 0 aliphatic carbocycles. The largest absolute Gasteiger partial charge is 0.427 e. The molecular formula is C24H22N2O6. The Morgan fingerprint density at radius 1 is 0.656 bits per heavy atom. The number of hydrogen-bond donors (Lipinski definition) is 0. The smallest absolute Gasteiger partial charge is 0.308 e. The van der Waals surface area contributed by atoms with Gasteiger partial charge >= 0.3 is 11.9 Å². The van der Waals surface area contributed by atoms with Gasteiger partial charge in [-0.2, -0.15) is 0 Å². The zero-order valence-electron chi connectivity index (χ0n) is 18.1. The van der Waals surface area contributed by atoms with Gasteiger partial charge in [0.2, 0.25) is 0 Å². The highest BCUT2D eigenvalue weighted by atomic mass is 16.5. The second kappa shape index (κ2) is 9.30. The van der Waals surface area contributed by atoms with Crippen molar-refractivity contribution in [2.75, 3.05) is 0 Å². The lowest BCUT2D eigenvalue weighted by molar-refractivity contribution is -0.132. The Morgan fingerprint density at radius 3 is 1.25 bits per heavy atom.